The topological polar surface area (TPSA) is 55.1 Å². The summed E-state index contributed by atoms with van der Waals surface area (Å²) in [5.41, 5.74) is 6.05. The molecule has 0 spiro atoms. The van der Waals surface area contributed by atoms with Crippen LogP contribution in [0.2, 0.25) is 5.02 Å². The zero-order chi connectivity index (χ0) is 13.8. The van der Waals surface area contributed by atoms with Gasteiger partial charge in [-0.15, -0.1) is 0 Å². The van der Waals surface area contributed by atoms with Crippen LogP contribution in [-0.2, 0) is 0 Å². The number of amides is 1. The van der Waals surface area contributed by atoms with Crippen LogP contribution in [0.5, 0.6) is 0 Å². The van der Waals surface area contributed by atoms with Gasteiger partial charge in [0.15, 0.2) is 0 Å². The van der Waals surface area contributed by atoms with Gasteiger partial charge in [0.1, 0.15) is 5.82 Å². The fourth-order valence-electron chi connectivity index (χ4n) is 2.44. The van der Waals surface area contributed by atoms with Gasteiger partial charge in [0.2, 0.25) is 0 Å². The van der Waals surface area contributed by atoms with E-state index in [1.807, 2.05) is 0 Å². The highest BCUT2D eigenvalue weighted by Crippen LogP contribution is 2.18. The smallest absolute Gasteiger partial charge is 0.254 e. The van der Waals surface area contributed by atoms with E-state index in [1.54, 1.807) is 0 Å². The van der Waals surface area contributed by atoms with Crippen molar-refractivity contribution in [1.29, 1.82) is 0 Å². The standard InChI is InChI=1S/C14H18ClFN2O/c15-9-6-7-10(11(16)8-9)14(19)18-13-5-3-1-2-4-12(13)17/h6-8,12-13H,1-5,17H2,(H,18,19). The molecule has 0 aromatic heterocycles. The van der Waals surface area contributed by atoms with E-state index in [2.05, 4.69) is 5.32 Å². The van der Waals surface area contributed by atoms with Crippen LogP contribution in [0.25, 0.3) is 0 Å². The Kier molecular flexibility index (Phi) is 4.77. The second-order valence-electron chi connectivity index (χ2n) is 5.01. The minimum atomic E-state index is -0.604. The predicted octanol–water partition coefficient (Wildman–Crippen LogP) is 2.87. The number of carbonyl (C=O) groups excluding carboxylic acids is 1. The van der Waals surface area contributed by atoms with Gasteiger partial charge in [-0.3, -0.25) is 4.79 Å². The van der Waals surface area contributed by atoms with Gasteiger partial charge in [-0.1, -0.05) is 30.9 Å². The van der Waals surface area contributed by atoms with Crippen LogP contribution in [0.4, 0.5) is 4.39 Å². The minimum absolute atomic E-state index is 0.0147. The molecule has 1 aliphatic rings. The van der Waals surface area contributed by atoms with Crippen LogP contribution in [-0.4, -0.2) is 18.0 Å². The highest BCUT2D eigenvalue weighted by molar-refractivity contribution is 6.30. The molecule has 2 rings (SSSR count). The number of carbonyl (C=O) groups is 1. The van der Waals surface area contributed by atoms with Crippen molar-refractivity contribution in [3.8, 4) is 0 Å². The molecule has 1 fully saturated rings. The van der Waals surface area contributed by atoms with Gasteiger partial charge in [-0.25, -0.2) is 4.39 Å². The molecule has 3 nitrogen and oxygen atoms in total. The number of halogens is 2. The van der Waals surface area contributed by atoms with Crippen molar-refractivity contribution in [2.24, 2.45) is 5.73 Å². The van der Waals surface area contributed by atoms with Crippen LogP contribution in [0.3, 0.4) is 0 Å². The van der Waals surface area contributed by atoms with E-state index in [9.17, 15) is 9.18 Å². The zero-order valence-electron chi connectivity index (χ0n) is 10.7. The molecule has 1 saturated carbocycles. The molecule has 0 radical (unpaired) electrons. The highest BCUT2D eigenvalue weighted by Gasteiger charge is 2.23. The van der Waals surface area contributed by atoms with Crippen LogP contribution in [0, 0.1) is 5.82 Å². The van der Waals surface area contributed by atoms with Crippen LogP contribution in [0.15, 0.2) is 18.2 Å². The van der Waals surface area contributed by atoms with E-state index in [4.69, 9.17) is 17.3 Å². The van der Waals surface area contributed by atoms with E-state index < -0.39 is 11.7 Å². The molecule has 1 aromatic rings. The lowest BCUT2D eigenvalue weighted by Crippen LogP contribution is -2.47. The summed E-state index contributed by atoms with van der Waals surface area (Å²) in [7, 11) is 0. The SMILES string of the molecule is NC1CCCCCC1NC(=O)c1ccc(Cl)cc1F. The Bertz CT molecular complexity index is 467. The molecule has 1 aliphatic carbocycles. The first-order valence-electron chi connectivity index (χ1n) is 6.59. The number of benzene rings is 1. The Balaban J connectivity index is 2.07. The predicted molar refractivity (Wildman–Crippen MR) is 73.7 cm³/mol. The first kappa shape index (κ1) is 14.3. The largest absolute Gasteiger partial charge is 0.348 e. The maximum atomic E-state index is 13.7. The summed E-state index contributed by atoms with van der Waals surface area (Å²) in [6.45, 7) is 0. The molecule has 2 atom stereocenters. The summed E-state index contributed by atoms with van der Waals surface area (Å²) in [6, 6.07) is 3.91. The van der Waals surface area contributed by atoms with Crippen LogP contribution < -0.4 is 11.1 Å². The lowest BCUT2D eigenvalue weighted by atomic mass is 10.0. The highest BCUT2D eigenvalue weighted by atomic mass is 35.5. The molecule has 0 saturated heterocycles. The molecule has 1 aromatic carbocycles. The van der Waals surface area contributed by atoms with Crippen molar-refractivity contribution >= 4 is 17.5 Å². The Morgan fingerprint density at radius 2 is 2.05 bits per heavy atom. The Morgan fingerprint density at radius 3 is 2.79 bits per heavy atom. The van der Waals surface area contributed by atoms with Gasteiger partial charge in [0.05, 0.1) is 5.56 Å². The summed E-state index contributed by atoms with van der Waals surface area (Å²) in [4.78, 5) is 12.1. The van der Waals surface area contributed by atoms with Gasteiger partial charge in [-0.2, -0.15) is 0 Å². The first-order valence-corrected chi connectivity index (χ1v) is 6.97. The second kappa shape index (κ2) is 6.35. The van der Waals surface area contributed by atoms with Gasteiger partial charge in [0, 0.05) is 17.1 Å². The maximum absolute atomic E-state index is 13.7. The Morgan fingerprint density at radius 1 is 1.32 bits per heavy atom. The normalized spacial score (nSPS) is 23.7. The second-order valence-corrected chi connectivity index (χ2v) is 5.44. The third-order valence-electron chi connectivity index (χ3n) is 3.56. The van der Waals surface area contributed by atoms with Crippen LogP contribution >= 0.6 is 11.6 Å². The van der Waals surface area contributed by atoms with Gasteiger partial charge >= 0.3 is 0 Å². The summed E-state index contributed by atoms with van der Waals surface area (Å²) in [5.74, 6) is -1.02. The molecule has 0 aliphatic heterocycles. The molecule has 2 unspecified atom stereocenters. The number of rotatable bonds is 2. The third-order valence-corrected chi connectivity index (χ3v) is 3.80. The summed E-state index contributed by atoms with van der Waals surface area (Å²) in [6.07, 6.45) is 5.01. The lowest BCUT2D eigenvalue weighted by Gasteiger charge is -2.22. The van der Waals surface area contributed by atoms with Crippen LogP contribution in [0.1, 0.15) is 42.5 Å². The van der Waals surface area contributed by atoms with Crippen molar-refractivity contribution in [1.82, 2.24) is 5.32 Å². The molecular weight excluding hydrogens is 267 g/mol. The fourth-order valence-corrected chi connectivity index (χ4v) is 2.59. The van der Waals surface area contributed by atoms with E-state index in [1.165, 1.54) is 12.1 Å². The van der Waals surface area contributed by atoms with Crippen molar-refractivity contribution in [2.45, 2.75) is 44.2 Å². The maximum Gasteiger partial charge on any atom is 0.254 e. The van der Waals surface area contributed by atoms with Gasteiger partial charge < -0.3 is 11.1 Å². The number of hydrogen-bond donors (Lipinski definition) is 2. The van der Waals surface area contributed by atoms with E-state index in [0.717, 1.165) is 38.2 Å². The van der Waals surface area contributed by atoms with Crippen molar-refractivity contribution in [3.05, 3.63) is 34.6 Å². The van der Waals surface area contributed by atoms with E-state index in [0.29, 0.717) is 0 Å². The molecule has 0 bridgehead atoms. The quantitative estimate of drug-likeness (QED) is 0.821. The number of hydrogen-bond acceptors (Lipinski definition) is 2. The van der Waals surface area contributed by atoms with Crippen molar-refractivity contribution in [3.63, 3.8) is 0 Å². The molecular formula is C14H18ClFN2O. The van der Waals surface area contributed by atoms with Crippen molar-refractivity contribution in [2.75, 3.05) is 0 Å². The average Bonchev–Trinajstić information content (AvgIpc) is 2.55. The van der Waals surface area contributed by atoms with E-state index >= 15 is 0 Å². The van der Waals surface area contributed by atoms with Crippen molar-refractivity contribution < 1.29 is 9.18 Å². The molecule has 5 heteroatoms. The zero-order valence-corrected chi connectivity index (χ0v) is 11.4. The first-order chi connectivity index (χ1) is 9.08. The number of nitrogens with one attached hydrogen (secondary N) is 1. The summed E-state index contributed by atoms with van der Waals surface area (Å²) in [5, 5.41) is 3.12. The van der Waals surface area contributed by atoms with Gasteiger partial charge in [0.25, 0.3) is 5.91 Å². The lowest BCUT2D eigenvalue weighted by molar-refractivity contribution is 0.0924. The minimum Gasteiger partial charge on any atom is -0.348 e. The summed E-state index contributed by atoms with van der Waals surface area (Å²) < 4.78 is 13.7. The molecule has 1 amide bonds. The number of nitrogens with two attached hydrogens (primary N) is 1. The Labute approximate surface area is 117 Å². The molecule has 104 valence electrons. The monoisotopic (exact) mass is 284 g/mol. The average molecular weight is 285 g/mol. The summed E-state index contributed by atoms with van der Waals surface area (Å²) >= 11 is 5.67. The molecule has 19 heavy (non-hydrogen) atoms. The Hall–Kier alpha value is -1.13. The van der Waals surface area contributed by atoms with Gasteiger partial charge in [-0.05, 0) is 31.0 Å². The van der Waals surface area contributed by atoms with E-state index in [-0.39, 0.29) is 22.7 Å². The third kappa shape index (κ3) is 3.67. The molecule has 0 heterocycles. The fraction of sp³-hybridized carbons (Fsp3) is 0.500. The molecule has 3 N–H and O–H groups in total.